The molecule has 2 N–H and O–H groups in total. The van der Waals surface area contributed by atoms with Crippen molar-refractivity contribution in [1.29, 1.82) is 0 Å². The summed E-state index contributed by atoms with van der Waals surface area (Å²) in [6, 6.07) is 18.6. The second kappa shape index (κ2) is 12.0. The zero-order chi connectivity index (χ0) is 22.4. The molecule has 0 heterocycles. The molecule has 0 aromatic heterocycles. The Morgan fingerprint density at radius 2 is 1.66 bits per heavy atom. The van der Waals surface area contributed by atoms with E-state index in [2.05, 4.69) is 5.32 Å². The molecule has 3 rings (SSSR count). The van der Waals surface area contributed by atoms with Crippen LogP contribution in [0.3, 0.4) is 0 Å². The molecule has 0 saturated heterocycles. The van der Waals surface area contributed by atoms with Crippen molar-refractivity contribution in [2.75, 3.05) is 13.1 Å². The van der Waals surface area contributed by atoms with E-state index in [0.29, 0.717) is 30.1 Å². The molecular weight excluding hydrogens is 461 g/mol. The quantitative estimate of drug-likeness (QED) is 0.312. The van der Waals surface area contributed by atoms with Crippen LogP contribution in [0.2, 0.25) is 5.02 Å². The van der Waals surface area contributed by atoms with E-state index in [1.165, 1.54) is 24.3 Å². The molecule has 0 saturated carbocycles. The number of hydrogen-bond acceptors (Lipinski definition) is 6. The van der Waals surface area contributed by atoms with Crippen LogP contribution < -0.4 is 40.0 Å². The van der Waals surface area contributed by atoms with Gasteiger partial charge in [-0.15, -0.1) is 0 Å². The summed E-state index contributed by atoms with van der Waals surface area (Å²) in [5.74, 6) is -1.43. The van der Waals surface area contributed by atoms with Crippen molar-refractivity contribution in [3.8, 4) is 0 Å². The van der Waals surface area contributed by atoms with E-state index in [-0.39, 0.29) is 44.9 Å². The zero-order valence-corrected chi connectivity index (χ0v) is 21.1. The minimum atomic E-state index is -3.87. The molecule has 6 nitrogen and oxygen atoms in total. The minimum Gasteiger partial charge on any atom is -0.545 e. The summed E-state index contributed by atoms with van der Waals surface area (Å²) in [5.41, 5.74) is 1.31. The molecule has 9 heteroatoms. The second-order valence-corrected chi connectivity index (χ2v) is 9.38. The first-order valence-electron chi connectivity index (χ1n) is 9.57. The summed E-state index contributed by atoms with van der Waals surface area (Å²) in [6.07, 6.45) is -0.161. The number of carbonyl (C=O) groups excluding carboxylic acids is 1. The molecule has 0 aliphatic carbocycles. The molecule has 0 unspecified atom stereocenters. The molecule has 32 heavy (non-hydrogen) atoms. The van der Waals surface area contributed by atoms with Gasteiger partial charge in [-0.3, -0.25) is 0 Å². The molecular formula is C23H21ClNNaO5S. The van der Waals surface area contributed by atoms with E-state index in [4.69, 9.17) is 11.6 Å². The van der Waals surface area contributed by atoms with Crippen LogP contribution in [-0.4, -0.2) is 32.6 Å². The summed E-state index contributed by atoms with van der Waals surface area (Å²) in [7, 11) is -3.87. The van der Waals surface area contributed by atoms with Crippen LogP contribution in [0, 0.1) is 0 Å². The number of aliphatic hydroxyl groups excluding tert-OH is 1. The molecule has 1 atom stereocenters. The minimum absolute atomic E-state index is 0. The summed E-state index contributed by atoms with van der Waals surface area (Å²) in [6.45, 7) is 0.857. The maximum absolute atomic E-state index is 12.9. The van der Waals surface area contributed by atoms with E-state index in [9.17, 15) is 23.4 Å². The number of aromatic carboxylic acids is 1. The molecule has 0 amide bonds. The number of aliphatic hydroxyl groups is 1. The number of carboxylic acids is 1. The Morgan fingerprint density at radius 1 is 1.00 bits per heavy atom. The average molecular weight is 482 g/mol. The Kier molecular flexibility index (Phi) is 9.91. The normalized spacial score (nSPS) is 12.1. The fourth-order valence-electron chi connectivity index (χ4n) is 3.10. The van der Waals surface area contributed by atoms with Gasteiger partial charge in [0.25, 0.3) is 0 Å². The summed E-state index contributed by atoms with van der Waals surface area (Å²) >= 11 is 5.94. The monoisotopic (exact) mass is 481 g/mol. The first kappa shape index (κ1) is 26.5. The third-order valence-electron chi connectivity index (χ3n) is 4.75. The maximum Gasteiger partial charge on any atom is 1.00 e. The summed E-state index contributed by atoms with van der Waals surface area (Å²) in [4.78, 5) is 11.0. The van der Waals surface area contributed by atoms with Gasteiger partial charge in [0.15, 0.2) is 0 Å². The number of rotatable bonds is 9. The Morgan fingerprint density at radius 3 is 2.34 bits per heavy atom. The Hall–Kier alpha value is -1.71. The van der Waals surface area contributed by atoms with E-state index in [1.807, 2.05) is 6.07 Å². The third kappa shape index (κ3) is 6.89. The van der Waals surface area contributed by atoms with Gasteiger partial charge in [-0.1, -0.05) is 48.0 Å². The average Bonchev–Trinajstić information content (AvgIpc) is 2.77. The number of carbonyl (C=O) groups is 1. The van der Waals surface area contributed by atoms with Gasteiger partial charge >= 0.3 is 29.6 Å². The van der Waals surface area contributed by atoms with Crippen LogP contribution in [-0.2, 0) is 16.3 Å². The number of benzene rings is 3. The number of hydrogen-bond donors (Lipinski definition) is 2. The molecule has 3 aromatic rings. The molecule has 162 valence electrons. The molecule has 0 aliphatic heterocycles. The first-order chi connectivity index (χ1) is 14.8. The van der Waals surface area contributed by atoms with Gasteiger partial charge in [0.1, 0.15) is 0 Å². The SMILES string of the molecule is O=C([O-])c1cccc(S(=O)(=O)c2cccc(CCNC[C@H](O)c3cccc(Cl)c3)c2)c1.[Na+]. The summed E-state index contributed by atoms with van der Waals surface area (Å²) < 4.78 is 25.8. The first-order valence-corrected chi connectivity index (χ1v) is 11.4. The number of carboxylic acid groups (broad SMARTS) is 1. The Bertz CT molecular complexity index is 1190. The van der Waals surface area contributed by atoms with Crippen molar-refractivity contribution in [3.63, 3.8) is 0 Å². The van der Waals surface area contributed by atoms with Crippen molar-refractivity contribution >= 4 is 27.4 Å². The van der Waals surface area contributed by atoms with Crippen molar-refractivity contribution in [1.82, 2.24) is 5.32 Å². The van der Waals surface area contributed by atoms with Crippen LogP contribution in [0.25, 0.3) is 0 Å². The topological polar surface area (TPSA) is 107 Å². The second-order valence-electron chi connectivity index (χ2n) is 6.99. The summed E-state index contributed by atoms with van der Waals surface area (Å²) in [5, 5.41) is 25.0. The largest absolute Gasteiger partial charge is 1.00 e. The van der Waals surface area contributed by atoms with Crippen molar-refractivity contribution < 1.29 is 53.0 Å². The molecule has 0 radical (unpaired) electrons. The van der Waals surface area contributed by atoms with Gasteiger partial charge in [0.2, 0.25) is 9.84 Å². The Balaban J connectivity index is 0.00000363. The van der Waals surface area contributed by atoms with Crippen LogP contribution >= 0.6 is 11.6 Å². The molecule has 0 aliphatic rings. The van der Waals surface area contributed by atoms with Gasteiger partial charge in [0, 0.05) is 11.6 Å². The standard InChI is InChI=1S/C23H22ClNO5S.Na/c24-19-7-2-5-17(13-19)22(26)15-25-11-10-16-4-1-8-20(12-16)31(29,30)21-9-3-6-18(14-21)23(27)28;/h1-9,12-14,22,25-26H,10-11,15H2,(H,27,28);/q;+1/p-1/t22-;/m0./s1. The smallest absolute Gasteiger partial charge is 0.545 e. The number of halogens is 1. The van der Waals surface area contributed by atoms with Gasteiger partial charge < -0.3 is 20.3 Å². The van der Waals surface area contributed by atoms with E-state index in [1.54, 1.807) is 36.4 Å². The molecule has 3 aromatic carbocycles. The predicted octanol–water partition coefficient (Wildman–Crippen LogP) is -0.594. The van der Waals surface area contributed by atoms with Crippen molar-refractivity contribution in [3.05, 3.63) is 94.5 Å². The van der Waals surface area contributed by atoms with Gasteiger partial charge in [-0.25, -0.2) is 8.42 Å². The molecule has 0 bridgehead atoms. The fraction of sp³-hybridized carbons (Fsp3) is 0.174. The van der Waals surface area contributed by atoms with Crippen LogP contribution in [0.5, 0.6) is 0 Å². The molecule has 0 fully saturated rings. The van der Waals surface area contributed by atoms with Gasteiger partial charge in [-0.05, 0) is 66.1 Å². The van der Waals surface area contributed by atoms with Gasteiger partial charge in [-0.2, -0.15) is 0 Å². The van der Waals surface area contributed by atoms with E-state index < -0.39 is 21.9 Å². The van der Waals surface area contributed by atoms with Gasteiger partial charge in [0.05, 0.1) is 21.9 Å². The fourth-order valence-corrected chi connectivity index (χ4v) is 4.67. The van der Waals surface area contributed by atoms with Crippen LogP contribution in [0.15, 0.2) is 82.6 Å². The third-order valence-corrected chi connectivity index (χ3v) is 6.73. The van der Waals surface area contributed by atoms with Crippen LogP contribution in [0.4, 0.5) is 0 Å². The van der Waals surface area contributed by atoms with Crippen molar-refractivity contribution in [2.45, 2.75) is 22.3 Å². The van der Waals surface area contributed by atoms with E-state index in [0.717, 1.165) is 11.6 Å². The Labute approximate surface area is 214 Å². The number of nitrogens with one attached hydrogen (secondary N) is 1. The number of sulfone groups is 1. The predicted molar refractivity (Wildman–Crippen MR) is 116 cm³/mol. The molecule has 0 spiro atoms. The van der Waals surface area contributed by atoms with E-state index >= 15 is 0 Å². The zero-order valence-electron chi connectivity index (χ0n) is 17.5. The van der Waals surface area contributed by atoms with Crippen molar-refractivity contribution in [2.24, 2.45) is 0 Å². The van der Waals surface area contributed by atoms with Crippen LogP contribution in [0.1, 0.15) is 27.6 Å². The maximum atomic E-state index is 12.9.